The van der Waals surface area contributed by atoms with Gasteiger partial charge in [0.15, 0.2) is 11.0 Å². The van der Waals surface area contributed by atoms with E-state index in [1.54, 1.807) is 25.1 Å². The summed E-state index contributed by atoms with van der Waals surface area (Å²) < 4.78 is 13.2. The fraction of sp³-hybridized carbons (Fsp3) is 0.292. The number of methoxy groups -OCH3 is 1. The van der Waals surface area contributed by atoms with Crippen LogP contribution in [0.2, 0.25) is 5.02 Å². The molecule has 0 aliphatic heterocycles. The molecule has 0 radical (unpaired) electrons. The zero-order valence-electron chi connectivity index (χ0n) is 17.7. The molecular weight excluding hydrogens is 444 g/mol. The van der Waals surface area contributed by atoms with Gasteiger partial charge in [-0.1, -0.05) is 48.3 Å². The summed E-state index contributed by atoms with van der Waals surface area (Å²) in [5, 5.41) is 10.6. The van der Waals surface area contributed by atoms with Gasteiger partial charge in [0.2, 0.25) is 5.89 Å². The third kappa shape index (κ3) is 4.27. The van der Waals surface area contributed by atoms with Crippen molar-refractivity contribution in [3.05, 3.63) is 65.5 Å². The lowest BCUT2D eigenvalue weighted by Gasteiger charge is -2.17. The number of ether oxygens (including phenoxy) is 1. The summed E-state index contributed by atoms with van der Waals surface area (Å²) in [5.74, 6) is 2.88. The fourth-order valence-corrected chi connectivity index (χ4v) is 5.17. The minimum absolute atomic E-state index is 0.394. The van der Waals surface area contributed by atoms with Crippen LogP contribution in [-0.4, -0.2) is 26.9 Å². The van der Waals surface area contributed by atoms with Crippen molar-refractivity contribution >= 4 is 23.4 Å². The van der Waals surface area contributed by atoms with E-state index in [4.69, 9.17) is 20.8 Å². The van der Waals surface area contributed by atoms with E-state index in [-0.39, 0.29) is 0 Å². The molecule has 1 saturated carbocycles. The zero-order chi connectivity index (χ0) is 21.9. The van der Waals surface area contributed by atoms with Gasteiger partial charge in [0.1, 0.15) is 12.0 Å². The minimum atomic E-state index is 0.394. The lowest BCUT2D eigenvalue weighted by Crippen LogP contribution is -2.08. The number of nitrogens with zero attached hydrogens (tertiary/aromatic N) is 4. The van der Waals surface area contributed by atoms with Crippen molar-refractivity contribution in [1.82, 2.24) is 19.7 Å². The van der Waals surface area contributed by atoms with E-state index in [1.807, 2.05) is 48.5 Å². The van der Waals surface area contributed by atoms with Crippen molar-refractivity contribution in [1.29, 1.82) is 0 Å². The summed E-state index contributed by atoms with van der Waals surface area (Å²) in [4.78, 5) is 4.65. The van der Waals surface area contributed by atoms with E-state index < -0.39 is 0 Å². The monoisotopic (exact) mass is 466 g/mol. The summed E-state index contributed by atoms with van der Waals surface area (Å²) in [6, 6.07) is 15.9. The van der Waals surface area contributed by atoms with Crippen LogP contribution in [0, 0.1) is 0 Å². The van der Waals surface area contributed by atoms with Crippen LogP contribution in [0.1, 0.15) is 37.4 Å². The van der Waals surface area contributed by atoms with Crippen LogP contribution in [0.5, 0.6) is 5.75 Å². The highest BCUT2D eigenvalue weighted by Gasteiger charge is 2.26. The fourth-order valence-electron chi connectivity index (χ4n) is 4.07. The Balaban J connectivity index is 1.38. The second-order valence-corrected chi connectivity index (χ2v) is 9.11. The number of benzene rings is 2. The van der Waals surface area contributed by atoms with Gasteiger partial charge in [-0.3, -0.25) is 4.57 Å². The first-order chi connectivity index (χ1) is 15.7. The lowest BCUT2D eigenvalue weighted by molar-refractivity contribution is 0.415. The highest BCUT2D eigenvalue weighted by atomic mass is 35.5. The molecule has 0 N–H and O–H groups in total. The van der Waals surface area contributed by atoms with Gasteiger partial charge in [-0.15, -0.1) is 10.2 Å². The van der Waals surface area contributed by atoms with Gasteiger partial charge in [-0.2, -0.15) is 0 Å². The molecule has 2 aromatic carbocycles. The number of hydrogen-bond acceptors (Lipinski definition) is 6. The second-order valence-electron chi connectivity index (χ2n) is 7.76. The largest absolute Gasteiger partial charge is 0.497 e. The minimum Gasteiger partial charge on any atom is -0.497 e. The molecule has 0 spiro atoms. The molecule has 8 heteroatoms. The standard InChI is InChI=1S/C24H23ClN4O2S/c1-30-19-12-10-16(11-13-19)23-26-17(14-31-23)15-32-24-28-27-22(20-8-4-5-9-21(20)25)29(24)18-6-2-3-7-18/h4-5,8-14,18H,2-3,6-7,15H2,1H3. The molecular formula is C24H23ClN4O2S. The highest BCUT2D eigenvalue weighted by molar-refractivity contribution is 7.98. The number of halogens is 1. The highest BCUT2D eigenvalue weighted by Crippen LogP contribution is 2.38. The Morgan fingerprint density at radius 3 is 2.62 bits per heavy atom. The summed E-state index contributed by atoms with van der Waals surface area (Å²) >= 11 is 8.11. The molecule has 1 aliphatic rings. The molecule has 1 aliphatic carbocycles. The van der Waals surface area contributed by atoms with Crippen LogP contribution in [0.25, 0.3) is 22.8 Å². The Morgan fingerprint density at radius 2 is 1.88 bits per heavy atom. The van der Waals surface area contributed by atoms with E-state index in [9.17, 15) is 0 Å². The third-order valence-corrected chi connectivity index (χ3v) is 7.01. The van der Waals surface area contributed by atoms with Crippen LogP contribution in [0.3, 0.4) is 0 Å². The van der Waals surface area contributed by atoms with Crippen LogP contribution >= 0.6 is 23.4 Å². The maximum absolute atomic E-state index is 6.48. The van der Waals surface area contributed by atoms with Gasteiger partial charge < -0.3 is 9.15 Å². The maximum Gasteiger partial charge on any atom is 0.226 e. The van der Waals surface area contributed by atoms with Crippen LogP contribution in [0.4, 0.5) is 0 Å². The predicted octanol–water partition coefficient (Wildman–Crippen LogP) is 6.67. The Labute approximate surface area is 196 Å². The third-order valence-electron chi connectivity index (χ3n) is 5.71. The van der Waals surface area contributed by atoms with Crippen molar-refractivity contribution in [2.24, 2.45) is 0 Å². The SMILES string of the molecule is COc1ccc(-c2nc(CSc3nnc(-c4ccccc4Cl)n3C3CCCC3)co2)cc1. The average Bonchev–Trinajstić information content (AvgIpc) is 3.58. The van der Waals surface area contributed by atoms with Crippen molar-refractivity contribution in [2.75, 3.05) is 7.11 Å². The molecule has 0 atom stereocenters. The van der Waals surface area contributed by atoms with Crippen LogP contribution in [0.15, 0.2) is 64.4 Å². The predicted molar refractivity (Wildman–Crippen MR) is 126 cm³/mol. The second kappa shape index (κ2) is 9.38. The Hall–Kier alpha value is -2.77. The van der Waals surface area contributed by atoms with Gasteiger partial charge >= 0.3 is 0 Å². The van der Waals surface area contributed by atoms with E-state index in [0.717, 1.165) is 46.4 Å². The molecule has 6 nitrogen and oxygen atoms in total. The van der Waals surface area contributed by atoms with Crippen molar-refractivity contribution in [3.63, 3.8) is 0 Å². The summed E-state index contributed by atoms with van der Waals surface area (Å²) in [6.45, 7) is 0. The number of aromatic nitrogens is 4. The Morgan fingerprint density at radius 1 is 1.09 bits per heavy atom. The van der Waals surface area contributed by atoms with E-state index in [0.29, 0.717) is 22.7 Å². The van der Waals surface area contributed by atoms with Crippen molar-refractivity contribution < 1.29 is 9.15 Å². The van der Waals surface area contributed by atoms with E-state index in [1.165, 1.54) is 12.8 Å². The van der Waals surface area contributed by atoms with E-state index in [2.05, 4.69) is 19.7 Å². The first-order valence-electron chi connectivity index (χ1n) is 10.6. The Kier molecular flexibility index (Phi) is 6.19. The topological polar surface area (TPSA) is 66.0 Å². The van der Waals surface area contributed by atoms with Gasteiger partial charge in [0.25, 0.3) is 0 Å². The smallest absolute Gasteiger partial charge is 0.226 e. The molecule has 2 aromatic heterocycles. The van der Waals surface area contributed by atoms with Crippen LogP contribution < -0.4 is 4.74 Å². The molecule has 0 bridgehead atoms. The molecule has 5 rings (SSSR count). The number of rotatable bonds is 7. The first-order valence-corrected chi connectivity index (χ1v) is 12.0. The normalized spacial score (nSPS) is 14.2. The Bertz CT molecular complexity index is 1200. The molecule has 0 saturated heterocycles. The summed E-state index contributed by atoms with van der Waals surface area (Å²) in [5.41, 5.74) is 2.70. The number of hydrogen-bond donors (Lipinski definition) is 0. The van der Waals surface area contributed by atoms with Gasteiger partial charge in [-0.05, 0) is 49.2 Å². The molecule has 32 heavy (non-hydrogen) atoms. The van der Waals surface area contributed by atoms with Gasteiger partial charge in [0.05, 0.1) is 17.8 Å². The maximum atomic E-state index is 6.48. The molecule has 2 heterocycles. The first kappa shape index (κ1) is 21.1. The number of thioether (sulfide) groups is 1. The lowest BCUT2D eigenvalue weighted by atomic mass is 10.2. The zero-order valence-corrected chi connectivity index (χ0v) is 19.3. The van der Waals surface area contributed by atoms with Crippen molar-refractivity contribution in [2.45, 2.75) is 42.6 Å². The molecule has 1 fully saturated rings. The molecule has 0 unspecified atom stereocenters. The molecule has 164 valence electrons. The number of oxazole rings is 1. The summed E-state index contributed by atoms with van der Waals surface area (Å²) in [6.07, 6.45) is 6.42. The summed E-state index contributed by atoms with van der Waals surface area (Å²) in [7, 11) is 1.65. The van der Waals surface area contributed by atoms with Crippen LogP contribution in [-0.2, 0) is 5.75 Å². The molecule has 0 amide bonds. The quantitative estimate of drug-likeness (QED) is 0.283. The van der Waals surface area contributed by atoms with Gasteiger partial charge in [-0.25, -0.2) is 4.98 Å². The molecule has 4 aromatic rings. The van der Waals surface area contributed by atoms with E-state index >= 15 is 0 Å². The van der Waals surface area contributed by atoms with Crippen molar-refractivity contribution in [3.8, 4) is 28.6 Å². The average molecular weight is 467 g/mol. The van der Waals surface area contributed by atoms with Gasteiger partial charge in [0, 0.05) is 22.9 Å².